The van der Waals surface area contributed by atoms with Gasteiger partial charge in [-0.25, -0.2) is 9.10 Å². The molecule has 0 amide bonds. The topological polar surface area (TPSA) is 66.8 Å². The zero-order valence-electron chi connectivity index (χ0n) is 9.83. The van der Waals surface area contributed by atoms with E-state index < -0.39 is 12.0 Å². The second kappa shape index (κ2) is 5.51. The maximum atomic E-state index is 12.2. The van der Waals surface area contributed by atoms with Crippen LogP contribution in [0.25, 0.3) is 0 Å². The van der Waals surface area contributed by atoms with Crippen LogP contribution in [0.5, 0.6) is 0 Å². The van der Waals surface area contributed by atoms with Gasteiger partial charge in [-0.05, 0) is 25.1 Å². The van der Waals surface area contributed by atoms with E-state index in [1.54, 1.807) is 23.5 Å². The monoisotopic (exact) mass is 267 g/mol. The minimum Gasteiger partial charge on any atom is -0.462 e. The fourth-order valence-corrected chi connectivity index (χ4v) is 2.75. The number of hydrogen-bond acceptors (Lipinski definition) is 6. The highest BCUT2D eigenvalue weighted by molar-refractivity contribution is 7.97. The first-order valence-electron chi connectivity index (χ1n) is 5.46. The number of ether oxygens (including phenoxy) is 1. The van der Waals surface area contributed by atoms with Crippen LogP contribution in [0.4, 0.5) is 0 Å². The third kappa shape index (κ3) is 2.40. The fraction of sp³-hybridized carbons (Fsp3) is 0.333. The number of hydrogen-bond donors (Lipinski definition) is 1. The smallest absolute Gasteiger partial charge is 0.332 e. The van der Waals surface area contributed by atoms with Gasteiger partial charge in [-0.1, -0.05) is 18.2 Å². The van der Waals surface area contributed by atoms with Crippen molar-refractivity contribution >= 4 is 23.7 Å². The van der Waals surface area contributed by atoms with Crippen molar-refractivity contribution in [1.82, 2.24) is 4.31 Å². The molecule has 1 unspecified atom stereocenters. The van der Waals surface area contributed by atoms with Gasteiger partial charge in [0.05, 0.1) is 6.61 Å². The molecule has 0 bridgehead atoms. The van der Waals surface area contributed by atoms with Crippen molar-refractivity contribution < 1.29 is 19.4 Å². The lowest BCUT2D eigenvalue weighted by atomic mass is 10.0. The zero-order valence-corrected chi connectivity index (χ0v) is 10.6. The van der Waals surface area contributed by atoms with Gasteiger partial charge in [0, 0.05) is 10.5 Å². The molecule has 1 N–H and O–H groups in total. The van der Waals surface area contributed by atoms with Gasteiger partial charge in [0.2, 0.25) is 0 Å². The van der Waals surface area contributed by atoms with Gasteiger partial charge in [0.15, 0.2) is 11.8 Å². The Balaban J connectivity index is 2.24. The Labute approximate surface area is 109 Å². The number of aliphatic hydroxyl groups is 1. The molecule has 5 nitrogen and oxygen atoms in total. The molecule has 0 saturated heterocycles. The van der Waals surface area contributed by atoms with Crippen LogP contribution >= 0.6 is 11.9 Å². The fourth-order valence-electron chi connectivity index (χ4n) is 1.75. The SMILES string of the molecule is CN1Sc2ccccc2C(=O)C1C(=O)OCCO. The summed E-state index contributed by atoms with van der Waals surface area (Å²) in [4.78, 5) is 24.8. The molecule has 0 radical (unpaired) electrons. The van der Waals surface area contributed by atoms with Gasteiger partial charge in [0.25, 0.3) is 0 Å². The average molecular weight is 267 g/mol. The average Bonchev–Trinajstić information content (AvgIpc) is 2.36. The van der Waals surface area contributed by atoms with E-state index in [1.165, 1.54) is 11.9 Å². The summed E-state index contributed by atoms with van der Waals surface area (Å²) in [6.07, 6.45) is 0. The van der Waals surface area contributed by atoms with Crippen molar-refractivity contribution in [3.8, 4) is 0 Å². The molecule has 1 aliphatic rings. The van der Waals surface area contributed by atoms with Crippen molar-refractivity contribution in [2.75, 3.05) is 20.3 Å². The minimum atomic E-state index is -0.948. The van der Waals surface area contributed by atoms with E-state index in [9.17, 15) is 9.59 Å². The van der Waals surface area contributed by atoms with Crippen LogP contribution in [0.2, 0.25) is 0 Å². The standard InChI is InChI=1S/C12H13NO4S/c1-13-10(12(16)17-7-6-14)11(15)8-4-2-3-5-9(8)18-13/h2-5,10,14H,6-7H2,1H3. The summed E-state index contributed by atoms with van der Waals surface area (Å²) in [5.41, 5.74) is 0.534. The highest BCUT2D eigenvalue weighted by atomic mass is 32.2. The van der Waals surface area contributed by atoms with Gasteiger partial charge in [0.1, 0.15) is 6.61 Å². The lowest BCUT2D eigenvalue weighted by molar-refractivity contribution is -0.147. The maximum absolute atomic E-state index is 12.2. The summed E-state index contributed by atoms with van der Waals surface area (Å²) >= 11 is 1.33. The predicted molar refractivity (Wildman–Crippen MR) is 66.2 cm³/mol. The highest BCUT2D eigenvalue weighted by Gasteiger charge is 2.38. The summed E-state index contributed by atoms with van der Waals surface area (Å²) in [6, 6.07) is 6.19. The summed E-state index contributed by atoms with van der Waals surface area (Å²) in [5.74, 6) is -0.895. The van der Waals surface area contributed by atoms with Crippen LogP contribution < -0.4 is 0 Å². The number of aliphatic hydroxyl groups excluding tert-OH is 1. The van der Waals surface area contributed by atoms with Crippen LogP contribution in [-0.4, -0.2) is 47.5 Å². The molecular weight excluding hydrogens is 254 g/mol. The first-order valence-corrected chi connectivity index (χ1v) is 6.24. The molecule has 0 saturated carbocycles. The zero-order chi connectivity index (χ0) is 13.1. The lowest BCUT2D eigenvalue weighted by Gasteiger charge is -2.29. The number of Topliss-reactive ketones (excluding diaryl/α,β-unsaturated/α-hetero) is 1. The van der Waals surface area contributed by atoms with Crippen LogP contribution in [0.3, 0.4) is 0 Å². The Morgan fingerprint density at radius 2 is 2.22 bits per heavy atom. The number of carbonyl (C=O) groups excluding carboxylic acids is 2. The molecular formula is C12H13NO4S. The Bertz CT molecular complexity index is 477. The number of esters is 1. The molecule has 96 valence electrons. The van der Waals surface area contributed by atoms with Crippen molar-refractivity contribution in [3.63, 3.8) is 0 Å². The molecule has 18 heavy (non-hydrogen) atoms. The Hall–Kier alpha value is -1.37. The Kier molecular flexibility index (Phi) is 4.00. The van der Waals surface area contributed by atoms with Gasteiger partial charge in [-0.2, -0.15) is 0 Å². The number of benzene rings is 1. The lowest BCUT2D eigenvalue weighted by Crippen LogP contribution is -2.45. The minimum absolute atomic E-state index is 0.0945. The first kappa shape index (κ1) is 13.1. The third-order valence-electron chi connectivity index (χ3n) is 2.57. The Morgan fingerprint density at radius 1 is 1.50 bits per heavy atom. The van der Waals surface area contributed by atoms with Gasteiger partial charge in [-0.15, -0.1) is 0 Å². The van der Waals surface area contributed by atoms with Crippen molar-refractivity contribution in [2.45, 2.75) is 10.9 Å². The maximum Gasteiger partial charge on any atom is 0.332 e. The molecule has 6 heteroatoms. The second-order valence-electron chi connectivity index (χ2n) is 3.79. The summed E-state index contributed by atoms with van der Waals surface area (Å²) < 4.78 is 6.40. The summed E-state index contributed by atoms with van der Waals surface area (Å²) in [7, 11) is 1.67. The molecule has 1 aromatic rings. The van der Waals surface area contributed by atoms with Crippen molar-refractivity contribution in [1.29, 1.82) is 0 Å². The van der Waals surface area contributed by atoms with Crippen LogP contribution in [0, 0.1) is 0 Å². The van der Waals surface area contributed by atoms with Crippen LogP contribution in [-0.2, 0) is 9.53 Å². The number of likely N-dealkylation sites (N-methyl/N-ethyl adjacent to an activating group) is 1. The van der Waals surface area contributed by atoms with E-state index in [0.29, 0.717) is 5.56 Å². The van der Waals surface area contributed by atoms with E-state index >= 15 is 0 Å². The molecule has 1 aliphatic heterocycles. The second-order valence-corrected chi connectivity index (χ2v) is 4.99. The van der Waals surface area contributed by atoms with Gasteiger partial charge in [-0.3, -0.25) is 4.79 Å². The molecule has 1 aromatic carbocycles. The van der Waals surface area contributed by atoms with E-state index in [1.807, 2.05) is 12.1 Å². The van der Waals surface area contributed by atoms with Gasteiger partial charge >= 0.3 is 5.97 Å². The third-order valence-corrected chi connectivity index (χ3v) is 3.62. The van der Waals surface area contributed by atoms with Gasteiger partial charge < -0.3 is 9.84 Å². The van der Waals surface area contributed by atoms with Crippen molar-refractivity contribution in [3.05, 3.63) is 29.8 Å². The first-order chi connectivity index (χ1) is 8.65. The number of nitrogens with zero attached hydrogens (tertiary/aromatic N) is 1. The number of ketones is 1. The number of fused-ring (bicyclic) bond motifs is 1. The van der Waals surface area contributed by atoms with E-state index in [4.69, 9.17) is 9.84 Å². The summed E-state index contributed by atoms with van der Waals surface area (Å²) in [5, 5.41) is 8.62. The molecule has 0 aromatic heterocycles. The molecule has 0 aliphatic carbocycles. The number of rotatable bonds is 3. The van der Waals surface area contributed by atoms with E-state index in [2.05, 4.69) is 0 Å². The van der Waals surface area contributed by atoms with Crippen LogP contribution in [0.1, 0.15) is 10.4 Å². The van der Waals surface area contributed by atoms with Crippen LogP contribution in [0.15, 0.2) is 29.2 Å². The van der Waals surface area contributed by atoms with Crippen molar-refractivity contribution in [2.24, 2.45) is 0 Å². The molecule has 1 heterocycles. The molecule has 0 fully saturated rings. The normalized spacial score (nSPS) is 19.4. The Morgan fingerprint density at radius 3 is 2.94 bits per heavy atom. The quantitative estimate of drug-likeness (QED) is 0.494. The largest absolute Gasteiger partial charge is 0.462 e. The molecule has 2 rings (SSSR count). The van der Waals surface area contributed by atoms with E-state index in [-0.39, 0.29) is 19.0 Å². The number of carbonyl (C=O) groups is 2. The van der Waals surface area contributed by atoms with E-state index in [0.717, 1.165) is 4.90 Å². The molecule has 0 spiro atoms. The predicted octanol–water partition coefficient (Wildman–Crippen LogP) is 0.726. The molecule has 1 atom stereocenters. The highest BCUT2D eigenvalue weighted by Crippen LogP contribution is 2.33. The summed E-state index contributed by atoms with van der Waals surface area (Å²) in [6.45, 7) is -0.344.